The van der Waals surface area contributed by atoms with E-state index in [0.717, 1.165) is 32.9 Å². The van der Waals surface area contributed by atoms with E-state index in [-0.39, 0.29) is 11.6 Å². The average molecular weight is 467 g/mol. The van der Waals surface area contributed by atoms with E-state index in [1.54, 1.807) is 18.3 Å². The SMILES string of the molecule is Cc1c(Cl)cccc1-n1c(C)cc(C=NNC(=O)c2cc3cc([N+](=O)[O-])ccc3s2)c1C. The smallest absolute Gasteiger partial charge is 0.281 e. The topological polar surface area (TPSA) is 89.5 Å². The Kier molecular flexibility index (Phi) is 5.82. The predicted octanol–water partition coefficient (Wildman–Crippen LogP) is 5.94. The van der Waals surface area contributed by atoms with Gasteiger partial charge < -0.3 is 4.57 Å². The molecule has 0 fully saturated rings. The van der Waals surface area contributed by atoms with Gasteiger partial charge in [0.05, 0.1) is 16.0 Å². The number of nitro groups is 1. The van der Waals surface area contributed by atoms with E-state index in [2.05, 4.69) is 15.1 Å². The lowest BCUT2D eigenvalue weighted by molar-refractivity contribution is -0.384. The minimum Gasteiger partial charge on any atom is -0.318 e. The summed E-state index contributed by atoms with van der Waals surface area (Å²) in [6.45, 7) is 5.96. The number of halogens is 1. The molecule has 2 aromatic heterocycles. The number of carbonyl (C=O) groups is 1. The van der Waals surface area contributed by atoms with Gasteiger partial charge in [-0.05, 0) is 56.7 Å². The van der Waals surface area contributed by atoms with Crippen LogP contribution in [0.5, 0.6) is 0 Å². The lowest BCUT2D eigenvalue weighted by atomic mass is 10.2. The number of thiophene rings is 1. The molecule has 0 bridgehead atoms. The van der Waals surface area contributed by atoms with Gasteiger partial charge in [0.15, 0.2) is 0 Å². The van der Waals surface area contributed by atoms with Crippen LogP contribution < -0.4 is 5.43 Å². The Balaban J connectivity index is 1.54. The first-order valence-electron chi connectivity index (χ1n) is 9.72. The molecule has 9 heteroatoms. The number of hydrogen-bond donors (Lipinski definition) is 1. The summed E-state index contributed by atoms with van der Waals surface area (Å²) in [4.78, 5) is 23.4. The number of hydrogen-bond acceptors (Lipinski definition) is 5. The zero-order valence-corrected chi connectivity index (χ0v) is 19.1. The minimum atomic E-state index is -0.456. The molecule has 0 aliphatic rings. The van der Waals surface area contributed by atoms with Crippen molar-refractivity contribution >= 4 is 50.8 Å². The molecule has 4 aromatic rings. The number of carbonyl (C=O) groups excluding carboxylic acids is 1. The zero-order chi connectivity index (χ0) is 23.0. The van der Waals surface area contributed by atoms with Gasteiger partial charge in [-0.1, -0.05) is 17.7 Å². The van der Waals surface area contributed by atoms with Gasteiger partial charge in [-0.15, -0.1) is 11.3 Å². The molecule has 1 N–H and O–H groups in total. The lowest BCUT2D eigenvalue weighted by Gasteiger charge is -2.13. The molecule has 7 nitrogen and oxygen atoms in total. The van der Waals surface area contributed by atoms with E-state index in [1.807, 2.05) is 45.0 Å². The summed E-state index contributed by atoms with van der Waals surface area (Å²) >= 11 is 7.54. The molecule has 0 atom stereocenters. The van der Waals surface area contributed by atoms with Crippen molar-refractivity contribution in [1.82, 2.24) is 9.99 Å². The van der Waals surface area contributed by atoms with Crippen molar-refractivity contribution < 1.29 is 9.72 Å². The summed E-state index contributed by atoms with van der Waals surface area (Å²) < 4.78 is 2.90. The molecule has 1 amide bonds. The normalized spacial score (nSPS) is 11.4. The molecule has 0 unspecified atom stereocenters. The third-order valence-electron chi connectivity index (χ3n) is 5.25. The van der Waals surface area contributed by atoms with Crippen LogP contribution >= 0.6 is 22.9 Å². The standard InChI is InChI=1S/C23H19ClN4O3S/c1-13-9-17(15(3)27(13)20-6-4-5-19(24)14(20)2)12-25-26-23(29)22-11-16-10-18(28(30)31)7-8-21(16)32-22/h4-12H,1-3H3,(H,26,29). The second-order valence-electron chi connectivity index (χ2n) is 7.33. The van der Waals surface area contributed by atoms with Gasteiger partial charge in [-0.25, -0.2) is 5.43 Å². The Bertz CT molecular complexity index is 1400. The van der Waals surface area contributed by atoms with Gasteiger partial charge in [0, 0.05) is 49.9 Å². The number of aromatic nitrogens is 1. The predicted molar refractivity (Wildman–Crippen MR) is 129 cm³/mol. The summed E-state index contributed by atoms with van der Waals surface area (Å²) in [5.74, 6) is -0.371. The van der Waals surface area contributed by atoms with Crippen molar-refractivity contribution in [2.24, 2.45) is 5.10 Å². The summed E-state index contributed by atoms with van der Waals surface area (Å²) in [7, 11) is 0. The van der Waals surface area contributed by atoms with Crippen LogP contribution in [0.4, 0.5) is 5.69 Å². The molecule has 0 saturated carbocycles. The number of amides is 1. The third-order valence-corrected chi connectivity index (χ3v) is 6.78. The Morgan fingerprint density at radius 3 is 2.72 bits per heavy atom. The van der Waals surface area contributed by atoms with E-state index in [4.69, 9.17) is 11.6 Å². The van der Waals surface area contributed by atoms with E-state index in [0.29, 0.717) is 15.3 Å². The number of aryl methyl sites for hydroxylation is 1. The quantitative estimate of drug-likeness (QED) is 0.224. The van der Waals surface area contributed by atoms with Crippen molar-refractivity contribution in [3.05, 3.63) is 91.1 Å². The summed E-state index contributed by atoms with van der Waals surface area (Å²) in [5, 5.41) is 16.4. The number of hydrazone groups is 1. The molecule has 0 spiro atoms. The number of nitrogens with one attached hydrogen (secondary N) is 1. The highest BCUT2D eigenvalue weighted by atomic mass is 35.5. The van der Waals surface area contributed by atoms with Crippen molar-refractivity contribution in [2.75, 3.05) is 0 Å². The minimum absolute atomic E-state index is 0.00873. The monoisotopic (exact) mass is 466 g/mol. The Hall–Kier alpha value is -3.49. The average Bonchev–Trinajstić information content (AvgIpc) is 3.30. The van der Waals surface area contributed by atoms with Crippen LogP contribution in [0.15, 0.2) is 53.6 Å². The largest absolute Gasteiger partial charge is 0.318 e. The fourth-order valence-electron chi connectivity index (χ4n) is 3.60. The molecule has 0 aliphatic heterocycles. The summed E-state index contributed by atoms with van der Waals surface area (Å²) in [6.07, 6.45) is 1.61. The molecule has 0 saturated heterocycles. The number of rotatable bonds is 5. The fraction of sp³-hybridized carbons (Fsp3) is 0.130. The first-order valence-corrected chi connectivity index (χ1v) is 10.9. The Labute approximate surface area is 193 Å². The van der Waals surface area contributed by atoms with Gasteiger partial charge in [0.25, 0.3) is 11.6 Å². The van der Waals surface area contributed by atoms with Crippen molar-refractivity contribution in [3.63, 3.8) is 0 Å². The molecule has 2 aromatic carbocycles. The second kappa shape index (κ2) is 8.57. The maximum absolute atomic E-state index is 12.5. The second-order valence-corrected chi connectivity index (χ2v) is 8.83. The highest BCUT2D eigenvalue weighted by molar-refractivity contribution is 7.20. The molecule has 0 aliphatic carbocycles. The lowest BCUT2D eigenvalue weighted by Crippen LogP contribution is -2.16. The van der Waals surface area contributed by atoms with Gasteiger partial charge >= 0.3 is 0 Å². The molecular formula is C23H19ClN4O3S. The van der Waals surface area contributed by atoms with Crippen LogP contribution in [0.3, 0.4) is 0 Å². The van der Waals surface area contributed by atoms with E-state index in [9.17, 15) is 14.9 Å². The number of non-ortho nitro benzene ring substituents is 1. The fourth-order valence-corrected chi connectivity index (χ4v) is 4.70. The van der Waals surface area contributed by atoms with Crippen LogP contribution in [0.2, 0.25) is 5.02 Å². The Morgan fingerprint density at radius 2 is 1.97 bits per heavy atom. The molecule has 4 rings (SSSR count). The van der Waals surface area contributed by atoms with Crippen molar-refractivity contribution in [3.8, 4) is 5.69 Å². The zero-order valence-electron chi connectivity index (χ0n) is 17.5. The highest BCUT2D eigenvalue weighted by Gasteiger charge is 2.14. The molecule has 32 heavy (non-hydrogen) atoms. The maximum atomic E-state index is 12.5. The molecule has 162 valence electrons. The van der Waals surface area contributed by atoms with Gasteiger partial charge in [0.2, 0.25) is 0 Å². The van der Waals surface area contributed by atoms with Crippen molar-refractivity contribution in [2.45, 2.75) is 20.8 Å². The van der Waals surface area contributed by atoms with Crippen LogP contribution in [0.25, 0.3) is 15.8 Å². The molecule has 2 heterocycles. The van der Waals surface area contributed by atoms with E-state index >= 15 is 0 Å². The van der Waals surface area contributed by atoms with Gasteiger partial charge in [0.1, 0.15) is 0 Å². The Morgan fingerprint density at radius 1 is 1.19 bits per heavy atom. The number of nitrogens with zero attached hydrogens (tertiary/aromatic N) is 3. The first kappa shape index (κ1) is 21.7. The summed E-state index contributed by atoms with van der Waals surface area (Å²) in [6, 6.07) is 13.9. The first-order chi connectivity index (χ1) is 15.3. The maximum Gasteiger partial charge on any atom is 0.281 e. The van der Waals surface area contributed by atoms with Gasteiger partial charge in [-0.2, -0.15) is 5.10 Å². The van der Waals surface area contributed by atoms with Crippen LogP contribution in [-0.2, 0) is 0 Å². The molecule has 0 radical (unpaired) electrons. The van der Waals surface area contributed by atoms with Crippen LogP contribution in [0, 0.1) is 30.9 Å². The number of nitro benzene ring substituents is 1. The van der Waals surface area contributed by atoms with Crippen LogP contribution in [0.1, 0.15) is 32.2 Å². The summed E-state index contributed by atoms with van der Waals surface area (Å²) in [5.41, 5.74) is 7.37. The van der Waals surface area contributed by atoms with E-state index < -0.39 is 4.92 Å². The molecular weight excluding hydrogens is 448 g/mol. The van der Waals surface area contributed by atoms with Crippen molar-refractivity contribution in [1.29, 1.82) is 0 Å². The number of benzene rings is 2. The highest BCUT2D eigenvalue weighted by Crippen LogP contribution is 2.29. The van der Waals surface area contributed by atoms with Crippen LogP contribution in [-0.4, -0.2) is 21.6 Å². The third kappa shape index (κ3) is 4.02. The van der Waals surface area contributed by atoms with Gasteiger partial charge in [-0.3, -0.25) is 14.9 Å². The van der Waals surface area contributed by atoms with E-state index in [1.165, 1.54) is 23.5 Å². The number of fused-ring (bicyclic) bond motifs is 1.